The molecule has 0 aliphatic carbocycles. The highest BCUT2D eigenvalue weighted by Crippen LogP contribution is 2.16. The predicted molar refractivity (Wildman–Crippen MR) is 77.1 cm³/mol. The van der Waals surface area contributed by atoms with Crippen LogP contribution in [0.1, 0.15) is 18.5 Å². The van der Waals surface area contributed by atoms with E-state index in [1.165, 1.54) is 5.56 Å². The van der Waals surface area contributed by atoms with Gasteiger partial charge in [-0.2, -0.15) is 7.05 Å². The van der Waals surface area contributed by atoms with Gasteiger partial charge in [0.15, 0.2) is 0 Å². The fraction of sp³-hybridized carbons (Fsp3) is 0.533. The number of nitrogens with one attached hydrogen (secondary N) is 1. The van der Waals surface area contributed by atoms with Gasteiger partial charge in [-0.3, -0.25) is 0 Å². The summed E-state index contributed by atoms with van der Waals surface area (Å²) in [6, 6.07) is 11.0. The normalized spacial score (nSPS) is 14.7. The Morgan fingerprint density at radius 1 is 1.28 bits per heavy atom. The summed E-state index contributed by atoms with van der Waals surface area (Å²) in [5.41, 5.74) is 1.36. The minimum atomic E-state index is 0.429. The topological polar surface area (TPSA) is 31.9 Å². The van der Waals surface area contributed by atoms with Crippen molar-refractivity contribution in [2.45, 2.75) is 13.0 Å². The van der Waals surface area contributed by atoms with E-state index in [0.717, 1.165) is 19.6 Å². The maximum Gasteiger partial charge on any atom is 0.0914 e. The number of hydrogen-bond donors (Lipinski definition) is 2. The van der Waals surface area contributed by atoms with Crippen molar-refractivity contribution in [3.8, 4) is 0 Å². The summed E-state index contributed by atoms with van der Waals surface area (Å²) in [5.74, 6) is 0.562. The molecule has 3 heteroatoms. The lowest BCUT2D eigenvalue weighted by Crippen LogP contribution is -2.80. The molecule has 0 aromatic heterocycles. The van der Waals surface area contributed by atoms with Crippen LogP contribution < -0.4 is 10.6 Å². The van der Waals surface area contributed by atoms with Crippen LogP contribution >= 0.6 is 0 Å². The molecule has 0 fully saturated rings. The number of nitrogens with two attached hydrogens (primary N) is 1. The van der Waals surface area contributed by atoms with Gasteiger partial charge in [-0.1, -0.05) is 37.3 Å². The van der Waals surface area contributed by atoms with E-state index < -0.39 is 0 Å². The second-order valence-corrected chi connectivity index (χ2v) is 5.16. The number of benzene rings is 1. The van der Waals surface area contributed by atoms with E-state index in [4.69, 9.17) is 0 Å². The van der Waals surface area contributed by atoms with Crippen molar-refractivity contribution in [1.29, 1.82) is 0 Å². The molecule has 18 heavy (non-hydrogen) atoms. The Balaban J connectivity index is 2.41. The number of hydrogen-bond acceptors (Lipinski definition) is 2. The van der Waals surface area contributed by atoms with E-state index in [1.54, 1.807) is 0 Å². The molecule has 1 rings (SSSR count). The van der Waals surface area contributed by atoms with Crippen molar-refractivity contribution >= 4 is 0 Å². The molecule has 0 spiro atoms. The van der Waals surface area contributed by atoms with Gasteiger partial charge in [-0.25, -0.2) is 0 Å². The summed E-state index contributed by atoms with van der Waals surface area (Å²) in [7, 11) is 8.18. The largest absolute Gasteiger partial charge is 0.472 e. The highest BCUT2D eigenvalue weighted by atomic mass is 15.1. The van der Waals surface area contributed by atoms with Crippen LogP contribution in [0.2, 0.25) is 0 Å². The van der Waals surface area contributed by atoms with Crippen molar-refractivity contribution in [2.24, 2.45) is 5.92 Å². The first-order valence-electron chi connectivity index (χ1n) is 6.68. The van der Waals surface area contributed by atoms with Crippen LogP contribution in [0.25, 0.3) is 0 Å². The number of quaternary nitrogens is 1. The molecule has 0 saturated heterocycles. The number of nitrogens with zero attached hydrogens (tertiary/aromatic N) is 1. The highest BCUT2D eigenvalue weighted by Gasteiger charge is 2.18. The summed E-state index contributed by atoms with van der Waals surface area (Å²) < 4.78 is 0. The number of likely N-dealkylation sites (N-methyl/N-ethyl adjacent to an activating group) is 1. The molecule has 0 radical (unpaired) electrons. The zero-order chi connectivity index (χ0) is 13.4. The smallest absolute Gasteiger partial charge is 0.0914 e. The van der Waals surface area contributed by atoms with Gasteiger partial charge >= 0.3 is 0 Å². The molecular formula is C15H27N3. The quantitative estimate of drug-likeness (QED) is 0.529. The molecule has 2 atom stereocenters. The van der Waals surface area contributed by atoms with E-state index in [2.05, 4.69) is 73.9 Å². The molecule has 0 unspecified atom stereocenters. The maximum absolute atomic E-state index is 3.98. The second-order valence-electron chi connectivity index (χ2n) is 5.16. The lowest BCUT2D eigenvalue weighted by molar-refractivity contribution is -0.648. The molecule has 102 valence electrons. The molecule has 0 aliphatic rings. The standard InChI is InChI=1S/C15H27N3/c1-13(12-17-10-11-18(3)4)15(16-2)14-8-6-5-7-9-14/h5-9,13,15,17H,2,10-12,16H2,1,3-4H3/t13-,15+/m0/s1. The number of rotatable bonds is 8. The minimum absolute atomic E-state index is 0.429. The van der Waals surface area contributed by atoms with Crippen LogP contribution in [0.3, 0.4) is 0 Å². The molecule has 0 amide bonds. The molecule has 3 N–H and O–H groups in total. The van der Waals surface area contributed by atoms with Crippen LogP contribution in [0.5, 0.6) is 0 Å². The van der Waals surface area contributed by atoms with Gasteiger partial charge in [-0.15, -0.1) is 0 Å². The first-order chi connectivity index (χ1) is 8.65. The average Bonchev–Trinajstić information content (AvgIpc) is 2.36. The van der Waals surface area contributed by atoms with Crippen LogP contribution in [0.4, 0.5) is 0 Å². The van der Waals surface area contributed by atoms with Gasteiger partial charge in [0.2, 0.25) is 0 Å². The van der Waals surface area contributed by atoms with E-state index in [0.29, 0.717) is 12.0 Å². The molecule has 1 aromatic rings. The SMILES string of the molecule is [CH2-][NH2+][C@@H](c1ccccc1)[C@@H](C)CNCCN(C)C. The van der Waals surface area contributed by atoms with Crippen molar-refractivity contribution < 1.29 is 5.32 Å². The van der Waals surface area contributed by atoms with Crippen molar-refractivity contribution in [2.75, 3.05) is 33.7 Å². The predicted octanol–water partition coefficient (Wildman–Crippen LogP) is 0.870. The molecule has 1 aromatic carbocycles. The van der Waals surface area contributed by atoms with Crippen LogP contribution in [0.15, 0.2) is 30.3 Å². The van der Waals surface area contributed by atoms with Gasteiger partial charge < -0.3 is 15.5 Å². The molecule has 0 saturated carbocycles. The van der Waals surface area contributed by atoms with Gasteiger partial charge in [-0.05, 0) is 14.1 Å². The summed E-state index contributed by atoms with van der Waals surface area (Å²) >= 11 is 0. The lowest BCUT2D eigenvalue weighted by atomic mass is 9.94. The summed E-state index contributed by atoms with van der Waals surface area (Å²) in [4.78, 5) is 2.19. The van der Waals surface area contributed by atoms with Crippen LogP contribution in [-0.2, 0) is 0 Å². The first-order valence-corrected chi connectivity index (χ1v) is 6.68. The van der Waals surface area contributed by atoms with Gasteiger partial charge in [0, 0.05) is 31.1 Å². The summed E-state index contributed by atoms with van der Waals surface area (Å²) in [5, 5.41) is 5.57. The van der Waals surface area contributed by atoms with Crippen molar-refractivity contribution in [3.05, 3.63) is 42.9 Å². The van der Waals surface area contributed by atoms with Crippen molar-refractivity contribution in [3.63, 3.8) is 0 Å². The van der Waals surface area contributed by atoms with Gasteiger partial charge in [0.1, 0.15) is 0 Å². The zero-order valence-corrected chi connectivity index (χ0v) is 11.9. The Labute approximate surface area is 112 Å². The summed E-state index contributed by atoms with van der Waals surface area (Å²) in [6.45, 7) is 5.42. The zero-order valence-electron chi connectivity index (χ0n) is 11.9. The van der Waals surface area contributed by atoms with Crippen molar-refractivity contribution in [1.82, 2.24) is 10.2 Å². The minimum Gasteiger partial charge on any atom is -0.472 e. The molecule has 0 aliphatic heterocycles. The molecule has 0 bridgehead atoms. The molecule has 3 nitrogen and oxygen atoms in total. The Morgan fingerprint density at radius 2 is 1.94 bits per heavy atom. The highest BCUT2D eigenvalue weighted by molar-refractivity contribution is 5.17. The van der Waals surface area contributed by atoms with Crippen LogP contribution in [-0.4, -0.2) is 38.6 Å². The lowest BCUT2D eigenvalue weighted by Gasteiger charge is -2.24. The average molecular weight is 249 g/mol. The summed E-state index contributed by atoms with van der Waals surface area (Å²) in [6.07, 6.45) is 0. The fourth-order valence-corrected chi connectivity index (χ4v) is 2.13. The third-order valence-corrected chi connectivity index (χ3v) is 3.25. The van der Waals surface area contributed by atoms with Crippen LogP contribution in [0, 0.1) is 13.0 Å². The molecular weight excluding hydrogens is 222 g/mol. The first kappa shape index (κ1) is 15.2. The Hall–Kier alpha value is -0.900. The third kappa shape index (κ3) is 5.17. The third-order valence-electron chi connectivity index (χ3n) is 3.25. The molecule has 0 heterocycles. The Kier molecular flexibility index (Phi) is 6.94. The fourth-order valence-electron chi connectivity index (χ4n) is 2.13. The van der Waals surface area contributed by atoms with E-state index in [-0.39, 0.29) is 0 Å². The van der Waals surface area contributed by atoms with E-state index in [1.807, 2.05) is 0 Å². The second kappa shape index (κ2) is 8.25. The van der Waals surface area contributed by atoms with Gasteiger partial charge in [0.05, 0.1) is 6.04 Å². The Morgan fingerprint density at radius 3 is 2.50 bits per heavy atom. The van der Waals surface area contributed by atoms with E-state index in [9.17, 15) is 0 Å². The monoisotopic (exact) mass is 249 g/mol. The Bertz CT molecular complexity index is 311. The van der Waals surface area contributed by atoms with Gasteiger partial charge in [0.25, 0.3) is 0 Å². The van der Waals surface area contributed by atoms with E-state index >= 15 is 0 Å². The maximum atomic E-state index is 3.98.